The Hall–Kier alpha value is -2.95. The first-order valence-electron chi connectivity index (χ1n) is 13.2. The zero-order valence-corrected chi connectivity index (χ0v) is 23.9. The van der Waals surface area contributed by atoms with E-state index < -0.39 is 5.97 Å². The van der Waals surface area contributed by atoms with E-state index in [1.165, 1.54) is 6.08 Å². The average Bonchev–Trinajstić information content (AvgIpc) is 2.83. The second-order valence-electron chi connectivity index (χ2n) is 11.1. The maximum absolute atomic E-state index is 12.6. The van der Waals surface area contributed by atoms with Crippen molar-refractivity contribution in [1.82, 2.24) is 0 Å². The van der Waals surface area contributed by atoms with Crippen LogP contribution in [0.15, 0.2) is 71.9 Å². The third kappa shape index (κ3) is 9.79. The van der Waals surface area contributed by atoms with Crippen LogP contribution in [0.3, 0.4) is 0 Å². The molecule has 0 amide bonds. The highest BCUT2D eigenvalue weighted by Crippen LogP contribution is 2.50. The highest BCUT2D eigenvalue weighted by Gasteiger charge is 2.43. The molecule has 1 aliphatic rings. The molecule has 0 bridgehead atoms. The molecule has 0 aromatic heterocycles. The van der Waals surface area contributed by atoms with Crippen molar-refractivity contribution in [1.29, 1.82) is 0 Å². The van der Waals surface area contributed by atoms with E-state index in [-0.39, 0.29) is 40.5 Å². The molecule has 5 heteroatoms. The Labute approximate surface area is 223 Å². The number of hydrogen-bond donors (Lipinski definition) is 1. The minimum Gasteiger partial charge on any atom is -0.478 e. The van der Waals surface area contributed by atoms with Gasteiger partial charge in [0.05, 0.1) is 0 Å². The van der Waals surface area contributed by atoms with Gasteiger partial charge in [0, 0.05) is 30.4 Å². The Bertz CT molecular complexity index is 985. The molecule has 1 N–H and O–H groups in total. The summed E-state index contributed by atoms with van der Waals surface area (Å²) in [6.07, 6.45) is 21.4. The molecule has 0 aromatic rings. The summed E-state index contributed by atoms with van der Waals surface area (Å²) in [6, 6.07) is 0. The number of cyclic esters (lactones) is 1. The molecule has 3 atom stereocenters. The first-order chi connectivity index (χ1) is 17.2. The van der Waals surface area contributed by atoms with Gasteiger partial charge in [-0.15, -0.1) is 0 Å². The number of carboxylic acids is 1. The van der Waals surface area contributed by atoms with E-state index in [9.17, 15) is 19.5 Å². The first-order valence-corrected chi connectivity index (χ1v) is 13.2. The van der Waals surface area contributed by atoms with Crippen LogP contribution in [0.1, 0.15) is 81.1 Å². The third-order valence-electron chi connectivity index (χ3n) is 8.28. The monoisotopic (exact) mass is 510 g/mol. The molecule has 1 rings (SSSR count). The number of ether oxygens (including phenoxy) is 1. The van der Waals surface area contributed by atoms with Crippen LogP contribution in [0.4, 0.5) is 0 Å². The molecule has 0 radical (unpaired) electrons. The number of aliphatic carboxylic acids is 1. The van der Waals surface area contributed by atoms with E-state index in [0.29, 0.717) is 18.4 Å². The van der Waals surface area contributed by atoms with Crippen molar-refractivity contribution in [3.8, 4) is 0 Å². The van der Waals surface area contributed by atoms with Crippen LogP contribution in [0.5, 0.6) is 0 Å². The first kappa shape index (κ1) is 32.1. The van der Waals surface area contributed by atoms with Crippen molar-refractivity contribution in [3.63, 3.8) is 0 Å². The van der Waals surface area contributed by atoms with Gasteiger partial charge in [0.25, 0.3) is 0 Å². The number of allylic oxidation sites excluding steroid dienone is 8. The van der Waals surface area contributed by atoms with Crippen LogP contribution < -0.4 is 0 Å². The van der Waals surface area contributed by atoms with Gasteiger partial charge in [-0.05, 0) is 49.5 Å². The van der Waals surface area contributed by atoms with E-state index in [4.69, 9.17) is 4.74 Å². The number of carbonyl (C=O) groups excluding carboxylic acids is 2. The molecule has 0 saturated carbocycles. The Morgan fingerprint density at radius 2 is 1.59 bits per heavy atom. The molecule has 0 saturated heterocycles. The summed E-state index contributed by atoms with van der Waals surface area (Å²) in [5, 5.41) is 9.40. The number of Topliss-reactive ketones (excluding diaryl/α,β-unsaturated/α-hetero) is 1. The van der Waals surface area contributed by atoms with Crippen molar-refractivity contribution in [3.05, 3.63) is 71.9 Å². The fourth-order valence-electron chi connectivity index (χ4n) is 4.24. The van der Waals surface area contributed by atoms with Crippen molar-refractivity contribution in [2.45, 2.75) is 87.2 Å². The van der Waals surface area contributed by atoms with E-state index in [0.717, 1.165) is 18.4 Å². The summed E-state index contributed by atoms with van der Waals surface area (Å²) in [4.78, 5) is 35.4. The highest BCUT2D eigenvalue weighted by atomic mass is 16.5. The molecule has 37 heavy (non-hydrogen) atoms. The predicted molar refractivity (Wildman–Crippen MR) is 151 cm³/mol. The van der Waals surface area contributed by atoms with Gasteiger partial charge in [-0.1, -0.05) is 95.7 Å². The summed E-state index contributed by atoms with van der Waals surface area (Å²) in [5.41, 5.74) is 0.599. The minimum atomic E-state index is -0.896. The van der Waals surface area contributed by atoms with Crippen LogP contribution >= 0.6 is 0 Å². The second-order valence-corrected chi connectivity index (χ2v) is 11.1. The van der Waals surface area contributed by atoms with Gasteiger partial charge in [0.15, 0.2) is 0 Å². The van der Waals surface area contributed by atoms with E-state index in [1.54, 1.807) is 6.92 Å². The molecule has 1 aliphatic heterocycles. The van der Waals surface area contributed by atoms with Gasteiger partial charge in [-0.3, -0.25) is 4.79 Å². The largest absolute Gasteiger partial charge is 0.478 e. The van der Waals surface area contributed by atoms with Gasteiger partial charge in [-0.25, -0.2) is 9.59 Å². The lowest BCUT2D eigenvalue weighted by Crippen LogP contribution is -2.40. The molecule has 1 unspecified atom stereocenters. The topological polar surface area (TPSA) is 80.7 Å². The summed E-state index contributed by atoms with van der Waals surface area (Å²) in [6.45, 7) is 16.0. The van der Waals surface area contributed by atoms with Crippen LogP contribution in [-0.2, 0) is 19.1 Å². The van der Waals surface area contributed by atoms with E-state index in [2.05, 4.69) is 46.8 Å². The Morgan fingerprint density at radius 3 is 2.19 bits per heavy atom. The minimum absolute atomic E-state index is 0.0983. The quantitative estimate of drug-likeness (QED) is 0.113. The Kier molecular flexibility index (Phi) is 12.7. The molecule has 204 valence electrons. The molecular formula is C32H46O5. The highest BCUT2D eigenvalue weighted by molar-refractivity contribution is 5.87. The van der Waals surface area contributed by atoms with Crippen molar-refractivity contribution >= 4 is 17.7 Å². The number of hydrogen-bond acceptors (Lipinski definition) is 4. The third-order valence-corrected chi connectivity index (χ3v) is 8.28. The number of carboxylic acid groups (broad SMARTS) is 1. The Morgan fingerprint density at radius 1 is 1.03 bits per heavy atom. The molecule has 1 heterocycles. The smallest absolute Gasteiger partial charge is 0.331 e. The summed E-state index contributed by atoms with van der Waals surface area (Å²) >= 11 is 0. The second kappa shape index (κ2) is 14.7. The zero-order valence-electron chi connectivity index (χ0n) is 23.9. The van der Waals surface area contributed by atoms with E-state index >= 15 is 0 Å². The summed E-state index contributed by atoms with van der Waals surface area (Å²) in [7, 11) is 0. The zero-order chi connectivity index (χ0) is 28.2. The van der Waals surface area contributed by atoms with Crippen LogP contribution in [0.25, 0.3) is 0 Å². The fourth-order valence-corrected chi connectivity index (χ4v) is 4.24. The van der Waals surface area contributed by atoms with Gasteiger partial charge < -0.3 is 9.84 Å². The lowest BCUT2D eigenvalue weighted by Gasteiger charge is -2.47. The van der Waals surface area contributed by atoms with E-state index in [1.807, 2.05) is 56.4 Å². The fraction of sp³-hybridized carbons (Fsp3) is 0.531. The molecular weight excluding hydrogens is 464 g/mol. The SMILES string of the molecule is CC(C(=O)O)=C(C)C(C)(C)C(C)(C)C(C)CC(=O)CC=CC=CCCC=CC=C[C@@H]1OC(=O)C=C[C@@H]1C. The van der Waals surface area contributed by atoms with Crippen molar-refractivity contribution in [2.75, 3.05) is 0 Å². The number of rotatable bonds is 14. The molecule has 0 spiro atoms. The summed E-state index contributed by atoms with van der Waals surface area (Å²) < 4.78 is 5.27. The van der Waals surface area contributed by atoms with Gasteiger partial charge >= 0.3 is 11.9 Å². The normalized spacial score (nSPS) is 20.7. The lowest BCUT2D eigenvalue weighted by atomic mass is 9.57. The predicted octanol–water partition coefficient (Wildman–Crippen LogP) is 7.57. The van der Waals surface area contributed by atoms with Crippen LogP contribution in [0, 0.1) is 22.7 Å². The molecule has 0 aliphatic carbocycles. The molecule has 0 aromatic carbocycles. The van der Waals surface area contributed by atoms with Gasteiger partial charge in [-0.2, -0.15) is 0 Å². The van der Waals surface area contributed by atoms with Crippen molar-refractivity contribution in [2.24, 2.45) is 22.7 Å². The molecule has 5 nitrogen and oxygen atoms in total. The molecule has 0 fully saturated rings. The number of esters is 1. The average molecular weight is 511 g/mol. The van der Waals surface area contributed by atoms with Crippen LogP contribution in [-0.4, -0.2) is 28.9 Å². The van der Waals surface area contributed by atoms with Crippen molar-refractivity contribution < 1.29 is 24.2 Å². The van der Waals surface area contributed by atoms with Gasteiger partial charge in [0.2, 0.25) is 0 Å². The maximum atomic E-state index is 12.6. The summed E-state index contributed by atoms with van der Waals surface area (Å²) in [5.74, 6) is -0.733. The maximum Gasteiger partial charge on any atom is 0.331 e. The number of carbonyl (C=O) groups is 3. The van der Waals surface area contributed by atoms with Gasteiger partial charge in [0.1, 0.15) is 11.9 Å². The Balaban J connectivity index is 2.44. The standard InChI is InChI=1S/C32H46O5/c1-23-20-21-29(34)37-28(23)19-17-15-13-11-9-10-12-14-16-18-27(33)22-24(2)31(5,6)32(7,8)26(4)25(3)30(35)36/h10,12-17,19-21,23-24,28H,9,11,18,22H2,1-8H3,(H,35,36)/t23-,24?,28-/m0/s1. The van der Waals surface area contributed by atoms with Crippen LogP contribution in [0.2, 0.25) is 0 Å². The number of ketones is 1. The number of unbranched alkanes of at least 4 members (excludes halogenated alkanes) is 1. The lowest BCUT2D eigenvalue weighted by molar-refractivity contribution is -0.143.